The molecule has 2 N–H and O–H groups in total. The highest BCUT2D eigenvalue weighted by molar-refractivity contribution is 5.92. The Morgan fingerprint density at radius 2 is 2.25 bits per heavy atom. The Balaban J connectivity index is 2.04. The number of aromatic nitrogens is 3. The number of anilines is 1. The fourth-order valence-corrected chi connectivity index (χ4v) is 1.61. The standard InChI is InChI=1S/C13H15FN4O2/c1-3-10(20-11-7-5-4-6-9(11)14)12(19)16-13-15-8(2)17-18-13/h4-7,10H,3H2,1-2H3,(H2,15,16,17,18,19)/t10-/m0/s1. The normalized spacial score (nSPS) is 11.9. The van der Waals surface area contributed by atoms with Gasteiger partial charge in [0.1, 0.15) is 5.82 Å². The molecule has 1 heterocycles. The molecule has 0 saturated carbocycles. The zero-order valence-electron chi connectivity index (χ0n) is 11.2. The molecule has 0 fully saturated rings. The minimum Gasteiger partial charge on any atom is -0.478 e. The molecular formula is C13H15FN4O2. The summed E-state index contributed by atoms with van der Waals surface area (Å²) >= 11 is 0. The predicted octanol–water partition coefficient (Wildman–Crippen LogP) is 2.05. The lowest BCUT2D eigenvalue weighted by Crippen LogP contribution is -2.33. The van der Waals surface area contributed by atoms with E-state index in [9.17, 15) is 9.18 Å². The van der Waals surface area contributed by atoms with Gasteiger partial charge in [-0.25, -0.2) is 4.39 Å². The molecule has 0 aliphatic heterocycles. The van der Waals surface area contributed by atoms with E-state index in [1.807, 2.05) is 0 Å². The highest BCUT2D eigenvalue weighted by Crippen LogP contribution is 2.18. The Kier molecular flexibility index (Phi) is 4.29. The van der Waals surface area contributed by atoms with Crippen LogP contribution in [-0.4, -0.2) is 27.2 Å². The quantitative estimate of drug-likeness (QED) is 0.877. The largest absolute Gasteiger partial charge is 0.478 e. The second-order valence-electron chi connectivity index (χ2n) is 4.18. The van der Waals surface area contributed by atoms with Crippen molar-refractivity contribution in [2.75, 3.05) is 5.32 Å². The molecule has 2 aromatic rings. The highest BCUT2D eigenvalue weighted by Gasteiger charge is 2.21. The van der Waals surface area contributed by atoms with Crippen LogP contribution in [0.15, 0.2) is 24.3 Å². The Labute approximate surface area is 115 Å². The number of carbonyl (C=O) groups excluding carboxylic acids is 1. The lowest BCUT2D eigenvalue weighted by Gasteiger charge is -2.16. The smallest absolute Gasteiger partial charge is 0.267 e. The molecule has 0 spiro atoms. The number of hydrogen-bond acceptors (Lipinski definition) is 4. The zero-order chi connectivity index (χ0) is 14.5. The molecule has 0 saturated heterocycles. The number of H-pyrrole nitrogens is 1. The number of aromatic amines is 1. The second kappa shape index (κ2) is 6.14. The molecule has 0 aliphatic rings. The molecule has 1 atom stereocenters. The Bertz CT molecular complexity index is 600. The molecule has 20 heavy (non-hydrogen) atoms. The summed E-state index contributed by atoms with van der Waals surface area (Å²) < 4.78 is 18.9. The van der Waals surface area contributed by atoms with Gasteiger partial charge in [0.2, 0.25) is 5.95 Å². The fourth-order valence-electron chi connectivity index (χ4n) is 1.61. The third-order valence-electron chi connectivity index (χ3n) is 2.60. The molecule has 7 heteroatoms. The maximum atomic E-state index is 13.5. The van der Waals surface area contributed by atoms with Crippen LogP contribution in [-0.2, 0) is 4.79 Å². The van der Waals surface area contributed by atoms with Crippen LogP contribution < -0.4 is 10.1 Å². The summed E-state index contributed by atoms with van der Waals surface area (Å²) in [7, 11) is 0. The topological polar surface area (TPSA) is 79.9 Å². The zero-order valence-corrected chi connectivity index (χ0v) is 11.2. The number of amides is 1. The van der Waals surface area contributed by atoms with Crippen molar-refractivity contribution in [2.45, 2.75) is 26.4 Å². The van der Waals surface area contributed by atoms with Crippen molar-refractivity contribution in [2.24, 2.45) is 0 Å². The van der Waals surface area contributed by atoms with E-state index in [-0.39, 0.29) is 11.7 Å². The average molecular weight is 278 g/mol. The first-order valence-electron chi connectivity index (χ1n) is 6.21. The van der Waals surface area contributed by atoms with E-state index in [0.717, 1.165) is 0 Å². The molecule has 1 amide bonds. The molecule has 6 nitrogen and oxygen atoms in total. The first kappa shape index (κ1) is 14.0. The minimum atomic E-state index is -0.814. The van der Waals surface area contributed by atoms with E-state index in [0.29, 0.717) is 12.2 Å². The summed E-state index contributed by atoms with van der Waals surface area (Å²) in [6.07, 6.45) is -0.422. The van der Waals surface area contributed by atoms with Gasteiger partial charge in [-0.3, -0.25) is 15.2 Å². The average Bonchev–Trinajstić information content (AvgIpc) is 2.83. The van der Waals surface area contributed by atoms with Gasteiger partial charge in [0, 0.05) is 0 Å². The number of para-hydroxylation sites is 1. The van der Waals surface area contributed by atoms with Gasteiger partial charge in [-0.1, -0.05) is 19.1 Å². The third-order valence-corrected chi connectivity index (χ3v) is 2.60. The van der Waals surface area contributed by atoms with Crippen molar-refractivity contribution in [1.29, 1.82) is 0 Å². The maximum absolute atomic E-state index is 13.5. The number of aryl methyl sites for hydroxylation is 1. The van der Waals surface area contributed by atoms with Crippen molar-refractivity contribution in [3.8, 4) is 5.75 Å². The molecular weight excluding hydrogens is 263 g/mol. The predicted molar refractivity (Wildman–Crippen MR) is 70.9 cm³/mol. The molecule has 1 aromatic heterocycles. The van der Waals surface area contributed by atoms with Crippen molar-refractivity contribution in [3.05, 3.63) is 35.9 Å². The first-order chi connectivity index (χ1) is 9.60. The lowest BCUT2D eigenvalue weighted by molar-refractivity contribution is -0.123. The second-order valence-corrected chi connectivity index (χ2v) is 4.18. The van der Waals surface area contributed by atoms with E-state index in [4.69, 9.17) is 4.74 Å². The van der Waals surface area contributed by atoms with Gasteiger partial charge in [-0.2, -0.15) is 4.98 Å². The van der Waals surface area contributed by atoms with Crippen molar-refractivity contribution in [1.82, 2.24) is 15.2 Å². The van der Waals surface area contributed by atoms with Crippen LogP contribution in [0.1, 0.15) is 19.2 Å². The molecule has 106 valence electrons. The highest BCUT2D eigenvalue weighted by atomic mass is 19.1. The molecule has 0 radical (unpaired) electrons. The van der Waals surface area contributed by atoms with Crippen LogP contribution in [0.25, 0.3) is 0 Å². The van der Waals surface area contributed by atoms with Gasteiger partial charge >= 0.3 is 0 Å². The number of hydrogen-bond donors (Lipinski definition) is 2. The number of nitrogens with zero attached hydrogens (tertiary/aromatic N) is 2. The van der Waals surface area contributed by atoms with Crippen molar-refractivity contribution >= 4 is 11.9 Å². The molecule has 0 aliphatic carbocycles. The van der Waals surface area contributed by atoms with Crippen LogP contribution in [0.4, 0.5) is 10.3 Å². The SMILES string of the molecule is CC[C@H](Oc1ccccc1F)C(=O)Nc1n[nH]c(C)n1. The van der Waals surface area contributed by atoms with Gasteiger partial charge in [-0.05, 0) is 25.5 Å². The van der Waals surface area contributed by atoms with Gasteiger partial charge in [0.25, 0.3) is 5.91 Å². The Morgan fingerprint density at radius 3 is 2.85 bits per heavy atom. The van der Waals surface area contributed by atoms with Crippen LogP contribution in [0.3, 0.4) is 0 Å². The minimum absolute atomic E-state index is 0.0423. The summed E-state index contributed by atoms with van der Waals surface area (Å²) in [4.78, 5) is 16.0. The first-order valence-corrected chi connectivity index (χ1v) is 6.21. The monoisotopic (exact) mass is 278 g/mol. The Hall–Kier alpha value is -2.44. The number of carbonyl (C=O) groups is 1. The number of rotatable bonds is 5. The molecule has 0 bridgehead atoms. The fraction of sp³-hybridized carbons (Fsp3) is 0.308. The van der Waals surface area contributed by atoms with Crippen molar-refractivity contribution in [3.63, 3.8) is 0 Å². The third kappa shape index (κ3) is 3.31. The number of benzene rings is 1. The van der Waals surface area contributed by atoms with Crippen molar-refractivity contribution < 1.29 is 13.9 Å². The van der Waals surface area contributed by atoms with E-state index in [1.165, 1.54) is 12.1 Å². The Morgan fingerprint density at radius 1 is 1.50 bits per heavy atom. The number of ether oxygens (including phenoxy) is 1. The van der Waals surface area contributed by atoms with Gasteiger partial charge < -0.3 is 4.74 Å². The van der Waals surface area contributed by atoms with Gasteiger partial charge in [0.15, 0.2) is 17.7 Å². The maximum Gasteiger partial charge on any atom is 0.267 e. The molecule has 0 unspecified atom stereocenters. The van der Waals surface area contributed by atoms with E-state index >= 15 is 0 Å². The van der Waals surface area contributed by atoms with E-state index in [1.54, 1.807) is 26.0 Å². The van der Waals surface area contributed by atoms with Crippen LogP contribution >= 0.6 is 0 Å². The van der Waals surface area contributed by atoms with Crippen LogP contribution in [0.5, 0.6) is 5.75 Å². The summed E-state index contributed by atoms with van der Waals surface area (Å²) in [6, 6.07) is 5.95. The van der Waals surface area contributed by atoms with Gasteiger partial charge in [-0.15, -0.1) is 5.10 Å². The summed E-state index contributed by atoms with van der Waals surface area (Å²) in [5, 5.41) is 8.93. The van der Waals surface area contributed by atoms with Crippen LogP contribution in [0.2, 0.25) is 0 Å². The molecule has 1 aromatic carbocycles. The molecule has 2 rings (SSSR count). The van der Waals surface area contributed by atoms with Gasteiger partial charge in [0.05, 0.1) is 0 Å². The summed E-state index contributed by atoms with van der Waals surface area (Å²) in [5.74, 6) is -0.130. The van der Waals surface area contributed by atoms with E-state index < -0.39 is 17.8 Å². The summed E-state index contributed by atoms with van der Waals surface area (Å²) in [5.41, 5.74) is 0. The lowest BCUT2D eigenvalue weighted by atomic mass is 10.2. The number of halogens is 1. The summed E-state index contributed by atoms with van der Waals surface area (Å²) in [6.45, 7) is 3.49. The van der Waals surface area contributed by atoms with Crippen LogP contribution in [0, 0.1) is 12.7 Å². The number of nitrogens with one attached hydrogen (secondary N) is 2. The van der Waals surface area contributed by atoms with E-state index in [2.05, 4.69) is 20.5 Å².